The van der Waals surface area contributed by atoms with Gasteiger partial charge >= 0.3 is 0 Å². The zero-order chi connectivity index (χ0) is 91.6. The third-order valence-corrected chi connectivity index (χ3v) is 20.4. The lowest BCUT2D eigenvalue weighted by Crippen LogP contribution is -2.30. The summed E-state index contributed by atoms with van der Waals surface area (Å²) in [5.74, 6) is -6.15. The fourth-order valence-electron chi connectivity index (χ4n) is 14.2. The van der Waals surface area contributed by atoms with Gasteiger partial charge in [0.15, 0.2) is 92.4 Å². The van der Waals surface area contributed by atoms with Gasteiger partial charge in [0.1, 0.15) is 121 Å². The fraction of sp³-hybridized carbons (Fsp3) is 0.143. The van der Waals surface area contributed by atoms with Crippen molar-refractivity contribution in [3.05, 3.63) is 259 Å². The smallest absolute Gasteiger partial charge is 0.238 e. The number of aromatic hydroxyl groups is 23. The van der Waals surface area contributed by atoms with Crippen molar-refractivity contribution in [2.24, 2.45) is 0 Å². The maximum Gasteiger partial charge on any atom is 0.238 e. The van der Waals surface area contributed by atoms with Crippen molar-refractivity contribution in [1.82, 2.24) is 0 Å². The van der Waals surface area contributed by atoms with Crippen LogP contribution in [0.4, 0.5) is 0 Å². The molecule has 0 fully saturated rings. The van der Waals surface area contributed by atoms with E-state index in [2.05, 4.69) is 0 Å². The van der Waals surface area contributed by atoms with Crippen LogP contribution >= 0.6 is 0 Å². The third-order valence-electron chi connectivity index (χ3n) is 20.4. The highest BCUT2D eigenvalue weighted by Crippen LogP contribution is 2.50. The van der Waals surface area contributed by atoms with E-state index >= 15 is 0 Å². The van der Waals surface area contributed by atoms with E-state index in [1.165, 1.54) is 116 Å². The van der Waals surface area contributed by atoms with Crippen LogP contribution < -0.4 is 34.5 Å². The average molecular weight is 1750 g/mol. The molecule has 0 saturated carbocycles. The molecule has 0 aliphatic carbocycles. The second-order valence-corrected chi connectivity index (χ2v) is 29.2. The highest BCUT2D eigenvalue weighted by molar-refractivity contribution is 5.88. The Morgan fingerprint density at radius 3 is 1.05 bits per heavy atom. The molecule has 6 heterocycles. The maximum atomic E-state index is 12.2. The van der Waals surface area contributed by atoms with Crippen LogP contribution in [0, 0.1) is 0 Å². The van der Waals surface area contributed by atoms with E-state index in [1.807, 2.05) is 30.3 Å². The Hall–Kier alpha value is -16.7. The Balaban J connectivity index is 0.000000131. The molecular weight excluding hydrogens is 1670 g/mol. The van der Waals surface area contributed by atoms with Gasteiger partial charge in [-0.1, -0.05) is 42.5 Å². The molecule has 36 heteroatoms. The zero-order valence-corrected chi connectivity index (χ0v) is 65.7. The Kier molecular flexibility index (Phi) is 25.1. The van der Waals surface area contributed by atoms with Crippen molar-refractivity contribution in [2.75, 3.05) is 7.11 Å². The second-order valence-electron chi connectivity index (χ2n) is 29.2. The van der Waals surface area contributed by atoms with Crippen molar-refractivity contribution >= 4 is 21.9 Å². The van der Waals surface area contributed by atoms with Crippen LogP contribution in [0.3, 0.4) is 0 Å². The molecular formula is C91H78O36. The summed E-state index contributed by atoms with van der Waals surface area (Å²) in [6.07, 6.45) is -6.97. The number of phenols is 22. The van der Waals surface area contributed by atoms with Crippen LogP contribution in [0.25, 0.3) is 44.6 Å². The van der Waals surface area contributed by atoms with E-state index in [-0.39, 0.29) is 180 Å². The summed E-state index contributed by atoms with van der Waals surface area (Å²) in [5.41, 5.74) is 3.44. The van der Waals surface area contributed by atoms with E-state index in [1.54, 1.807) is 6.07 Å². The summed E-state index contributed by atoms with van der Waals surface area (Å²) in [5, 5.41) is 261. The van der Waals surface area contributed by atoms with E-state index in [0.717, 1.165) is 54.1 Å². The molecule has 658 valence electrons. The van der Waals surface area contributed by atoms with Gasteiger partial charge in [-0.2, -0.15) is 0 Å². The first-order chi connectivity index (χ1) is 60.3. The van der Waals surface area contributed by atoms with Crippen LogP contribution in [-0.4, -0.2) is 169 Å². The molecule has 4 aliphatic rings. The Morgan fingerprint density at radius 1 is 0.291 bits per heavy atom. The quantitative estimate of drug-likeness (QED) is 0.0659. The van der Waals surface area contributed by atoms with Crippen molar-refractivity contribution in [2.45, 2.75) is 74.5 Å². The van der Waals surface area contributed by atoms with E-state index in [4.69, 9.17) is 32.5 Å². The summed E-state index contributed by atoms with van der Waals surface area (Å²) in [7, 11) is 1.35. The predicted molar refractivity (Wildman–Crippen MR) is 445 cm³/mol. The Bertz CT molecular complexity index is 6350. The number of benzene rings is 12. The minimum atomic E-state index is -1.05. The van der Waals surface area contributed by atoms with Crippen LogP contribution in [-0.2, 0) is 25.7 Å². The highest BCUT2D eigenvalue weighted by atomic mass is 16.5. The first-order valence-electron chi connectivity index (χ1n) is 37.8. The van der Waals surface area contributed by atoms with Gasteiger partial charge < -0.3 is 170 Å². The number of phenolic OH excluding ortho intramolecular Hbond substituents is 22. The summed E-state index contributed by atoms with van der Waals surface area (Å²) < 4.78 is 38.5. The van der Waals surface area contributed by atoms with Gasteiger partial charge in [0.2, 0.25) is 11.2 Å². The van der Waals surface area contributed by atoms with Crippen molar-refractivity contribution in [3.8, 4) is 184 Å². The number of hydrogen-bond donors (Lipinski definition) is 27. The molecule has 0 saturated heterocycles. The number of rotatable bonds is 7. The maximum absolute atomic E-state index is 12.2. The topological polar surface area (TPSA) is 653 Å². The minimum Gasteiger partial charge on any atom is -0.508 e. The molecule has 4 unspecified atom stereocenters. The van der Waals surface area contributed by atoms with Crippen LogP contribution in [0.2, 0.25) is 0 Å². The van der Waals surface area contributed by atoms with Crippen molar-refractivity contribution in [3.63, 3.8) is 0 Å². The van der Waals surface area contributed by atoms with Crippen LogP contribution in [0.5, 0.6) is 161 Å². The third kappa shape index (κ3) is 19.0. The molecule has 14 aromatic rings. The molecule has 36 nitrogen and oxygen atoms in total. The van der Waals surface area contributed by atoms with Crippen molar-refractivity contribution in [1.29, 1.82) is 0 Å². The normalized spacial score (nSPS) is 17.3. The van der Waals surface area contributed by atoms with Crippen LogP contribution in [0.15, 0.2) is 213 Å². The van der Waals surface area contributed by atoms with Crippen LogP contribution in [0.1, 0.15) is 68.9 Å². The standard InChI is InChI=1S/C16H12O7.2C15H14O7.2C15H14O6.C15H10O3/c1-22-11-4-7(2-3-9(11)18)16-15(21)14(20)13-10(19)5-8(17)6-12(13)23-16;2*16-7-3-9(17)8-5-12(20)15(22-13(8)4-7)6-1-10(18)14(21)11(19)2-6;2*16-8-4-11(18)9-6-13(20)15(21-14(9)5-8)7-1-2-10(17)12(19)3-7;16-11-6-7-12-13(17)9-14(18-15(12)8-11)10-4-2-1-3-5-10/h2-6,17-19,21H,1H3;2*1-4,12,15-21H,5H2;2*1-5,13,15-20H,6H2;1-9,16H/t;12-,15+;;13-,15+;;/m.1.0../s1. The van der Waals surface area contributed by atoms with E-state index < -0.39 is 100 Å². The molecule has 0 radical (unpaired) electrons. The van der Waals surface area contributed by atoms with Gasteiger partial charge in [-0.25, -0.2) is 0 Å². The number of methoxy groups -OCH3 is 1. The van der Waals surface area contributed by atoms with Gasteiger partial charge in [-0.05, 0) is 90.0 Å². The Labute approximate surface area is 713 Å². The lowest BCUT2D eigenvalue weighted by molar-refractivity contribution is 0.0195. The SMILES string of the molecule is COc1cc(-c2oc3cc(O)cc(O)c3c(=O)c2O)ccc1O.O=c1cc(-c2ccccc2)oc2cc(O)ccc12.Oc1cc(O)c2c(c1)OC(c1cc(O)c(O)c(O)c1)C(O)C2.Oc1cc(O)c2c(c1)OC(c1ccc(O)c(O)c1)C(O)C2.Oc1cc(O)c2c(c1)O[C@@H](c1cc(O)c(O)c(O)c1)[C@H](O)C2.Oc1cc(O)c2c(c1)O[C@H](c1ccc(O)c(O)c1)[C@@H](O)C2. The molecule has 4 aliphatic heterocycles. The Morgan fingerprint density at radius 2 is 0.654 bits per heavy atom. The summed E-state index contributed by atoms with van der Waals surface area (Å²) >= 11 is 0. The lowest BCUT2D eigenvalue weighted by atomic mass is 9.93. The molecule has 0 spiro atoms. The minimum absolute atomic E-state index is 0.0640. The molecule has 8 atom stereocenters. The highest BCUT2D eigenvalue weighted by Gasteiger charge is 2.38. The number of hydrogen-bond acceptors (Lipinski definition) is 36. The predicted octanol–water partition coefficient (Wildman–Crippen LogP) is 11.1. The van der Waals surface area contributed by atoms with Gasteiger partial charge in [-0.3, -0.25) is 9.59 Å². The molecule has 27 N–H and O–H groups in total. The first-order valence-corrected chi connectivity index (χ1v) is 37.8. The van der Waals surface area contributed by atoms with Crippen molar-refractivity contribution < 1.29 is 170 Å². The number of aliphatic hydroxyl groups excluding tert-OH is 4. The molecule has 127 heavy (non-hydrogen) atoms. The number of ether oxygens (including phenoxy) is 5. The van der Waals surface area contributed by atoms with Gasteiger partial charge in [-0.15, -0.1) is 0 Å². The number of fused-ring (bicyclic) bond motifs is 6. The lowest BCUT2D eigenvalue weighted by Gasteiger charge is -2.31. The zero-order valence-electron chi connectivity index (χ0n) is 65.7. The van der Waals surface area contributed by atoms with Gasteiger partial charge in [0.05, 0.1) is 36.9 Å². The van der Waals surface area contributed by atoms with Gasteiger partial charge in [0.25, 0.3) is 0 Å². The average Bonchev–Trinajstić information content (AvgIpc) is 0.774. The van der Waals surface area contributed by atoms with Gasteiger partial charge in [0, 0.05) is 143 Å². The molecule has 0 bridgehead atoms. The summed E-state index contributed by atoms with van der Waals surface area (Å²) in [6, 6.07) is 44.5. The molecule has 2 aromatic heterocycles. The fourth-order valence-corrected chi connectivity index (χ4v) is 14.2. The monoisotopic (exact) mass is 1750 g/mol. The number of aliphatic hydroxyl groups is 4. The van der Waals surface area contributed by atoms with E-state index in [9.17, 15) is 147 Å². The second kappa shape index (κ2) is 36.2. The largest absolute Gasteiger partial charge is 0.508 e. The summed E-state index contributed by atoms with van der Waals surface area (Å²) in [4.78, 5) is 24.2. The summed E-state index contributed by atoms with van der Waals surface area (Å²) in [6.45, 7) is 0. The molecule has 18 rings (SSSR count). The molecule has 12 aromatic carbocycles. The molecule has 0 amide bonds. The van der Waals surface area contributed by atoms with E-state index in [0.29, 0.717) is 50.1 Å². The first kappa shape index (κ1) is 88.1.